The Hall–Kier alpha value is -4.06. The van der Waals surface area contributed by atoms with E-state index in [9.17, 15) is 0 Å². The molecule has 0 aliphatic carbocycles. The molecule has 0 saturated heterocycles. The van der Waals surface area contributed by atoms with Gasteiger partial charge in [0, 0.05) is 40.7 Å². The van der Waals surface area contributed by atoms with Crippen LogP contribution in [0.3, 0.4) is 0 Å². The Bertz CT molecular complexity index is 1470. The monoisotopic (exact) mass is 379 g/mol. The Labute approximate surface area is 165 Å². The van der Waals surface area contributed by atoms with Gasteiger partial charge >= 0.3 is 0 Å². The minimum Gasteiger partial charge on any atom is -0.472 e. The zero-order chi connectivity index (χ0) is 19.4. The number of aryl methyl sites for hydroxylation is 1. The van der Waals surface area contributed by atoms with Gasteiger partial charge in [-0.1, -0.05) is 18.2 Å². The summed E-state index contributed by atoms with van der Waals surface area (Å²) in [5, 5.41) is 14.2. The van der Waals surface area contributed by atoms with E-state index in [4.69, 9.17) is 4.42 Å². The number of hydrogen-bond donors (Lipinski definition) is 2. The van der Waals surface area contributed by atoms with Gasteiger partial charge in [0.1, 0.15) is 5.69 Å². The second-order valence-electron chi connectivity index (χ2n) is 7.20. The van der Waals surface area contributed by atoms with Crippen molar-refractivity contribution >= 4 is 21.8 Å². The molecular weight excluding hydrogens is 362 g/mol. The highest BCUT2D eigenvalue weighted by atomic mass is 16.3. The van der Waals surface area contributed by atoms with Crippen molar-refractivity contribution in [2.45, 2.75) is 0 Å². The molecule has 0 spiro atoms. The Morgan fingerprint density at radius 1 is 0.931 bits per heavy atom. The number of aromatic nitrogens is 5. The number of H-pyrrole nitrogens is 2. The summed E-state index contributed by atoms with van der Waals surface area (Å²) in [5.41, 5.74) is 8.34. The Morgan fingerprint density at radius 2 is 1.90 bits per heavy atom. The summed E-state index contributed by atoms with van der Waals surface area (Å²) in [6.07, 6.45) is 7.36. The lowest BCUT2D eigenvalue weighted by Gasteiger charge is -1.99. The van der Waals surface area contributed by atoms with Crippen molar-refractivity contribution < 1.29 is 4.42 Å². The summed E-state index contributed by atoms with van der Waals surface area (Å²) in [5.74, 6) is 0. The van der Waals surface area contributed by atoms with Crippen LogP contribution in [0.15, 0.2) is 77.9 Å². The Balaban J connectivity index is 1.53. The van der Waals surface area contributed by atoms with E-state index in [0.29, 0.717) is 0 Å². The third-order valence-electron chi connectivity index (χ3n) is 5.35. The van der Waals surface area contributed by atoms with Gasteiger partial charge in [0.15, 0.2) is 0 Å². The van der Waals surface area contributed by atoms with Crippen LogP contribution in [0.25, 0.3) is 55.4 Å². The highest BCUT2D eigenvalue weighted by Gasteiger charge is 2.14. The van der Waals surface area contributed by atoms with E-state index in [-0.39, 0.29) is 0 Å². The van der Waals surface area contributed by atoms with Gasteiger partial charge < -0.3 is 9.40 Å². The van der Waals surface area contributed by atoms with Gasteiger partial charge in [0.05, 0.1) is 29.9 Å². The first kappa shape index (κ1) is 15.9. The average molecular weight is 379 g/mol. The highest BCUT2D eigenvalue weighted by molar-refractivity contribution is 6.01. The Kier molecular flexibility index (Phi) is 3.28. The number of aromatic amines is 2. The van der Waals surface area contributed by atoms with Crippen LogP contribution in [-0.2, 0) is 7.05 Å². The summed E-state index contributed by atoms with van der Waals surface area (Å²) < 4.78 is 7.09. The van der Waals surface area contributed by atoms with Crippen molar-refractivity contribution in [3.63, 3.8) is 0 Å². The van der Waals surface area contributed by atoms with Crippen molar-refractivity contribution in [2.75, 3.05) is 0 Å². The van der Waals surface area contributed by atoms with Crippen LogP contribution in [0.1, 0.15) is 0 Å². The molecule has 0 aliphatic rings. The molecule has 6 heteroatoms. The van der Waals surface area contributed by atoms with Gasteiger partial charge in [-0.3, -0.25) is 9.78 Å². The number of furan rings is 1. The van der Waals surface area contributed by atoms with Gasteiger partial charge in [0.2, 0.25) is 0 Å². The standard InChI is InChI=1S/C23H17N5O/c1-28-12-16(11-24-28)14-5-6-21-19(9-14)23(27-26-21)22-10-18-17(15-7-8-29-13-15)3-2-4-20(18)25-22/h2-13,25H,1H3,(H,26,27). The topological polar surface area (TPSA) is 75.4 Å². The fraction of sp³-hybridized carbons (Fsp3) is 0.0435. The molecule has 6 nitrogen and oxygen atoms in total. The molecule has 140 valence electrons. The van der Waals surface area contributed by atoms with E-state index >= 15 is 0 Å². The van der Waals surface area contributed by atoms with Crippen molar-refractivity contribution in [3.05, 3.63) is 73.5 Å². The third-order valence-corrected chi connectivity index (χ3v) is 5.35. The van der Waals surface area contributed by atoms with E-state index < -0.39 is 0 Å². The van der Waals surface area contributed by atoms with Crippen LogP contribution in [0.5, 0.6) is 0 Å². The SMILES string of the molecule is Cn1cc(-c2ccc3[nH]nc(-c4cc5c(-c6ccoc6)cccc5[nH]4)c3c2)cn1. The molecule has 4 aromatic heterocycles. The molecule has 0 unspecified atom stereocenters. The third kappa shape index (κ3) is 2.50. The van der Waals surface area contributed by atoms with Gasteiger partial charge in [0.25, 0.3) is 0 Å². The molecule has 2 N–H and O–H groups in total. The molecule has 2 aromatic carbocycles. The molecule has 6 aromatic rings. The van der Waals surface area contributed by atoms with Gasteiger partial charge in [-0.05, 0) is 41.5 Å². The summed E-state index contributed by atoms with van der Waals surface area (Å²) in [6.45, 7) is 0. The van der Waals surface area contributed by atoms with Gasteiger partial charge in [-0.25, -0.2) is 0 Å². The van der Waals surface area contributed by atoms with Gasteiger partial charge in [-0.2, -0.15) is 10.2 Å². The molecule has 0 atom stereocenters. The van der Waals surface area contributed by atoms with Crippen molar-refractivity contribution in [2.24, 2.45) is 7.05 Å². The fourth-order valence-electron chi connectivity index (χ4n) is 3.92. The maximum Gasteiger partial charge on any atom is 0.116 e. The molecule has 0 fully saturated rings. The summed E-state index contributed by atoms with van der Waals surface area (Å²) in [7, 11) is 1.92. The summed E-state index contributed by atoms with van der Waals surface area (Å²) in [4.78, 5) is 3.53. The predicted molar refractivity (Wildman–Crippen MR) is 113 cm³/mol. The number of nitrogens with zero attached hydrogens (tertiary/aromatic N) is 3. The zero-order valence-electron chi connectivity index (χ0n) is 15.7. The molecular formula is C23H17N5O. The van der Waals surface area contributed by atoms with E-state index in [1.54, 1.807) is 12.5 Å². The second kappa shape index (κ2) is 5.97. The van der Waals surface area contributed by atoms with E-state index in [2.05, 4.69) is 56.7 Å². The van der Waals surface area contributed by atoms with E-state index in [1.807, 2.05) is 36.3 Å². The van der Waals surface area contributed by atoms with Crippen LogP contribution in [-0.4, -0.2) is 25.0 Å². The summed E-state index contributed by atoms with van der Waals surface area (Å²) in [6, 6.07) is 16.7. The lowest BCUT2D eigenvalue weighted by Crippen LogP contribution is -1.84. The van der Waals surface area contributed by atoms with Crippen LogP contribution in [0, 0.1) is 0 Å². The largest absolute Gasteiger partial charge is 0.472 e. The van der Waals surface area contributed by atoms with Gasteiger partial charge in [-0.15, -0.1) is 0 Å². The van der Waals surface area contributed by atoms with Crippen LogP contribution in [0.2, 0.25) is 0 Å². The first-order valence-electron chi connectivity index (χ1n) is 9.38. The zero-order valence-corrected chi connectivity index (χ0v) is 15.7. The number of nitrogens with one attached hydrogen (secondary N) is 2. The molecule has 0 bridgehead atoms. The van der Waals surface area contributed by atoms with Crippen molar-refractivity contribution in [1.82, 2.24) is 25.0 Å². The quantitative estimate of drug-likeness (QED) is 0.434. The first-order chi connectivity index (χ1) is 14.3. The van der Waals surface area contributed by atoms with E-state index in [0.717, 1.165) is 55.4 Å². The number of benzene rings is 2. The molecule has 0 saturated carbocycles. The highest BCUT2D eigenvalue weighted by Crippen LogP contribution is 2.35. The number of fused-ring (bicyclic) bond motifs is 2. The maximum absolute atomic E-state index is 5.28. The minimum absolute atomic E-state index is 0.903. The van der Waals surface area contributed by atoms with E-state index in [1.165, 1.54) is 0 Å². The van der Waals surface area contributed by atoms with Crippen LogP contribution in [0.4, 0.5) is 0 Å². The average Bonchev–Trinajstić information content (AvgIpc) is 3.51. The maximum atomic E-state index is 5.28. The molecule has 0 radical (unpaired) electrons. The second-order valence-corrected chi connectivity index (χ2v) is 7.20. The number of rotatable bonds is 3. The summed E-state index contributed by atoms with van der Waals surface area (Å²) >= 11 is 0. The van der Waals surface area contributed by atoms with Crippen molar-refractivity contribution in [3.8, 4) is 33.6 Å². The number of hydrogen-bond acceptors (Lipinski definition) is 3. The molecule has 6 rings (SSSR count). The first-order valence-corrected chi connectivity index (χ1v) is 9.38. The predicted octanol–water partition coefficient (Wildman–Crippen LogP) is 5.37. The lowest BCUT2D eigenvalue weighted by atomic mass is 10.0. The smallest absolute Gasteiger partial charge is 0.116 e. The molecule has 29 heavy (non-hydrogen) atoms. The van der Waals surface area contributed by atoms with Crippen LogP contribution < -0.4 is 0 Å². The van der Waals surface area contributed by atoms with Crippen molar-refractivity contribution in [1.29, 1.82) is 0 Å². The molecule has 0 aliphatic heterocycles. The Morgan fingerprint density at radius 3 is 2.72 bits per heavy atom. The molecule has 4 heterocycles. The van der Waals surface area contributed by atoms with Crippen LogP contribution >= 0.6 is 0 Å². The fourth-order valence-corrected chi connectivity index (χ4v) is 3.92. The molecule has 0 amide bonds. The lowest BCUT2D eigenvalue weighted by molar-refractivity contribution is 0.568. The minimum atomic E-state index is 0.903. The normalized spacial score (nSPS) is 11.6.